The number of rotatable bonds is 9. The van der Waals surface area contributed by atoms with E-state index in [0.717, 1.165) is 49.7 Å². The standard InChI is InChI=1S/C31H27F4N3O5S/c32-24-11-17(29(39)40)7-10-21(24)25-15-44-30(36-25)38-18-8-9-19(38)13-20(12-18)41-14-23-27(37-43-28(23)16-5-6-16)22-3-1-2-4-26(22)42-31(33,34)35/h1-4,7,10-11,15-16,18-20H,5-6,8-9,12-14H2,(H,39,40)/t18-,19+,20+. The Labute approximate surface area is 253 Å². The van der Waals surface area contributed by atoms with Crippen LogP contribution in [0.15, 0.2) is 52.4 Å². The molecular weight excluding hydrogens is 602 g/mol. The van der Waals surface area contributed by atoms with Gasteiger partial charge in [-0.3, -0.25) is 0 Å². The Balaban J connectivity index is 1.07. The zero-order valence-corrected chi connectivity index (χ0v) is 24.0. The molecule has 0 radical (unpaired) electrons. The molecule has 1 saturated carbocycles. The number of alkyl halides is 3. The zero-order chi connectivity index (χ0) is 30.6. The highest BCUT2D eigenvalue weighted by atomic mass is 32.1. The van der Waals surface area contributed by atoms with Crippen LogP contribution in [-0.4, -0.2) is 45.8 Å². The van der Waals surface area contributed by atoms with Crippen LogP contribution in [0.5, 0.6) is 5.75 Å². The molecular formula is C31H27F4N3O5S. The minimum atomic E-state index is -4.85. The molecule has 7 rings (SSSR count). The van der Waals surface area contributed by atoms with E-state index in [1.165, 1.54) is 41.7 Å². The molecule has 230 valence electrons. The van der Waals surface area contributed by atoms with Gasteiger partial charge in [-0.1, -0.05) is 17.3 Å². The summed E-state index contributed by atoms with van der Waals surface area (Å²) in [5, 5.41) is 15.9. The second kappa shape index (κ2) is 11.2. The summed E-state index contributed by atoms with van der Waals surface area (Å²) < 4.78 is 70.4. The lowest BCUT2D eigenvalue weighted by Crippen LogP contribution is -2.45. The van der Waals surface area contributed by atoms with E-state index in [-0.39, 0.29) is 53.2 Å². The number of nitrogens with zero attached hydrogens (tertiary/aromatic N) is 3. The number of halogens is 4. The summed E-state index contributed by atoms with van der Waals surface area (Å²) in [6, 6.07) is 10.0. The molecule has 4 aromatic rings. The molecule has 1 aliphatic carbocycles. The number of ether oxygens (including phenoxy) is 2. The number of fused-ring (bicyclic) bond motifs is 2. The molecule has 8 nitrogen and oxygen atoms in total. The van der Waals surface area contributed by atoms with Crippen LogP contribution in [0.1, 0.15) is 66.1 Å². The van der Waals surface area contributed by atoms with Crippen LogP contribution in [0.2, 0.25) is 0 Å². The van der Waals surface area contributed by atoms with E-state index in [0.29, 0.717) is 22.7 Å². The molecule has 3 fully saturated rings. The number of carboxylic acids is 1. The molecule has 3 aliphatic rings. The van der Waals surface area contributed by atoms with E-state index in [1.807, 2.05) is 0 Å². The number of hydrogen-bond acceptors (Lipinski definition) is 8. The Morgan fingerprint density at radius 1 is 1.07 bits per heavy atom. The number of hydrogen-bond donors (Lipinski definition) is 1. The van der Waals surface area contributed by atoms with E-state index in [2.05, 4.69) is 14.8 Å². The van der Waals surface area contributed by atoms with Crippen LogP contribution in [0.4, 0.5) is 22.7 Å². The van der Waals surface area contributed by atoms with Crippen LogP contribution in [-0.2, 0) is 11.3 Å². The van der Waals surface area contributed by atoms with Crippen molar-refractivity contribution in [2.45, 2.75) is 75.6 Å². The average molecular weight is 630 g/mol. The van der Waals surface area contributed by atoms with Gasteiger partial charge in [0, 0.05) is 40.1 Å². The molecule has 0 spiro atoms. The van der Waals surface area contributed by atoms with Crippen LogP contribution in [0.25, 0.3) is 22.5 Å². The maximum Gasteiger partial charge on any atom is 0.573 e. The van der Waals surface area contributed by atoms with Crippen molar-refractivity contribution in [3.8, 4) is 28.3 Å². The first-order valence-corrected chi connectivity index (χ1v) is 15.2. The highest BCUT2D eigenvalue weighted by Gasteiger charge is 2.43. The molecule has 2 bridgehead atoms. The Morgan fingerprint density at radius 2 is 1.82 bits per heavy atom. The van der Waals surface area contributed by atoms with Gasteiger partial charge >= 0.3 is 12.3 Å². The summed E-state index contributed by atoms with van der Waals surface area (Å²) in [6.45, 7) is 0.155. The molecule has 44 heavy (non-hydrogen) atoms. The number of para-hydroxylation sites is 1. The fourth-order valence-corrected chi connectivity index (χ4v) is 7.32. The quantitative estimate of drug-likeness (QED) is 0.187. The average Bonchev–Trinajstić information content (AvgIpc) is 3.45. The van der Waals surface area contributed by atoms with E-state index in [4.69, 9.17) is 19.4 Å². The second-order valence-electron chi connectivity index (χ2n) is 11.4. The maximum atomic E-state index is 14.7. The molecule has 3 atom stereocenters. The normalized spacial score (nSPS) is 21.5. The zero-order valence-electron chi connectivity index (χ0n) is 23.2. The van der Waals surface area contributed by atoms with Gasteiger partial charge in [-0.15, -0.1) is 24.5 Å². The number of thiazole rings is 1. The van der Waals surface area contributed by atoms with Crippen molar-refractivity contribution >= 4 is 22.4 Å². The van der Waals surface area contributed by atoms with Gasteiger partial charge in [-0.25, -0.2) is 14.2 Å². The fraction of sp³-hybridized carbons (Fsp3) is 0.387. The van der Waals surface area contributed by atoms with Crippen molar-refractivity contribution < 1.29 is 41.5 Å². The summed E-state index contributed by atoms with van der Waals surface area (Å²) in [5.41, 5.74) is 1.73. The summed E-state index contributed by atoms with van der Waals surface area (Å²) in [5.74, 6) is -1.35. The number of anilines is 1. The Kier molecular flexibility index (Phi) is 7.32. The summed E-state index contributed by atoms with van der Waals surface area (Å²) in [6.07, 6.45) is 0.300. The number of aromatic carboxylic acids is 1. The van der Waals surface area contributed by atoms with Crippen molar-refractivity contribution in [3.05, 3.63) is 70.5 Å². The van der Waals surface area contributed by atoms with Gasteiger partial charge in [0.05, 0.1) is 24.0 Å². The Morgan fingerprint density at radius 3 is 2.50 bits per heavy atom. The first-order chi connectivity index (χ1) is 21.1. The molecule has 0 amide bonds. The lowest BCUT2D eigenvalue weighted by molar-refractivity contribution is -0.274. The fourth-order valence-electron chi connectivity index (χ4n) is 6.35. The first kappa shape index (κ1) is 28.8. The molecule has 13 heteroatoms. The predicted molar refractivity (Wildman–Crippen MR) is 152 cm³/mol. The molecule has 2 aromatic carbocycles. The number of benzene rings is 2. The number of carboxylic acid groups (broad SMARTS) is 1. The van der Waals surface area contributed by atoms with Gasteiger partial charge in [0.1, 0.15) is 23.0 Å². The van der Waals surface area contributed by atoms with E-state index in [1.54, 1.807) is 11.4 Å². The number of carbonyl (C=O) groups is 1. The highest BCUT2D eigenvalue weighted by Crippen LogP contribution is 2.47. The third kappa shape index (κ3) is 5.65. The van der Waals surface area contributed by atoms with Crippen LogP contribution >= 0.6 is 11.3 Å². The van der Waals surface area contributed by atoms with Gasteiger partial charge < -0.3 is 24.0 Å². The predicted octanol–water partition coefficient (Wildman–Crippen LogP) is 7.80. The van der Waals surface area contributed by atoms with Gasteiger partial charge in [0.25, 0.3) is 0 Å². The summed E-state index contributed by atoms with van der Waals surface area (Å²) >= 11 is 1.43. The van der Waals surface area contributed by atoms with Crippen molar-refractivity contribution in [3.63, 3.8) is 0 Å². The number of piperidine rings is 1. The molecule has 1 N–H and O–H groups in total. The SMILES string of the molecule is O=C(O)c1ccc(-c2csc(N3[C@@H]4CC[C@H]3C[C@@H](OCc3c(-c5ccccc5OC(F)(F)F)noc3C3CC3)C4)n2)c(F)c1. The lowest BCUT2D eigenvalue weighted by Gasteiger charge is -2.38. The van der Waals surface area contributed by atoms with E-state index >= 15 is 0 Å². The number of aromatic nitrogens is 2. The van der Waals surface area contributed by atoms with Crippen molar-refractivity contribution in [2.24, 2.45) is 0 Å². The molecule has 4 heterocycles. The van der Waals surface area contributed by atoms with Gasteiger partial charge in [-0.05, 0) is 68.9 Å². The van der Waals surface area contributed by atoms with Crippen LogP contribution in [0.3, 0.4) is 0 Å². The Hall–Kier alpha value is -3.97. The minimum Gasteiger partial charge on any atom is -0.478 e. The molecule has 2 aromatic heterocycles. The van der Waals surface area contributed by atoms with Crippen LogP contribution in [0, 0.1) is 5.82 Å². The molecule has 0 unspecified atom stereocenters. The topological polar surface area (TPSA) is 97.9 Å². The van der Waals surface area contributed by atoms with Crippen molar-refractivity contribution in [2.75, 3.05) is 4.90 Å². The lowest BCUT2D eigenvalue weighted by atomic mass is 10.00. The third-order valence-corrected chi connectivity index (χ3v) is 9.35. The highest BCUT2D eigenvalue weighted by molar-refractivity contribution is 7.14. The minimum absolute atomic E-state index is 0.0827. The van der Waals surface area contributed by atoms with Gasteiger partial charge in [-0.2, -0.15) is 0 Å². The van der Waals surface area contributed by atoms with Gasteiger partial charge in [0.15, 0.2) is 5.13 Å². The molecule has 2 saturated heterocycles. The molecule has 2 aliphatic heterocycles. The second-order valence-corrected chi connectivity index (χ2v) is 12.2. The summed E-state index contributed by atoms with van der Waals surface area (Å²) in [7, 11) is 0. The largest absolute Gasteiger partial charge is 0.573 e. The van der Waals surface area contributed by atoms with E-state index < -0.39 is 18.1 Å². The van der Waals surface area contributed by atoms with Crippen LogP contribution < -0.4 is 9.64 Å². The first-order valence-electron chi connectivity index (χ1n) is 14.4. The van der Waals surface area contributed by atoms with E-state index in [9.17, 15) is 22.4 Å². The van der Waals surface area contributed by atoms with Crippen molar-refractivity contribution in [1.29, 1.82) is 0 Å². The third-order valence-electron chi connectivity index (χ3n) is 8.49. The summed E-state index contributed by atoms with van der Waals surface area (Å²) in [4.78, 5) is 18.2. The van der Waals surface area contributed by atoms with Gasteiger partial charge in [0.2, 0.25) is 0 Å². The smallest absolute Gasteiger partial charge is 0.478 e. The van der Waals surface area contributed by atoms with Crippen molar-refractivity contribution in [1.82, 2.24) is 10.1 Å². The maximum absolute atomic E-state index is 14.7. The Bertz CT molecular complexity index is 1690. The monoisotopic (exact) mass is 629 g/mol.